The SMILES string of the molecule is CC.CC(C)C1CCCCC1=O. The fourth-order valence-corrected chi connectivity index (χ4v) is 1.71. The van der Waals surface area contributed by atoms with Gasteiger partial charge in [-0.1, -0.05) is 34.1 Å². The summed E-state index contributed by atoms with van der Waals surface area (Å²) in [5, 5.41) is 0. The lowest BCUT2D eigenvalue weighted by Crippen LogP contribution is -2.23. The predicted octanol–water partition coefficient (Wildman–Crippen LogP) is 3.43. The summed E-state index contributed by atoms with van der Waals surface area (Å²) < 4.78 is 0. The zero-order valence-electron chi connectivity index (χ0n) is 8.89. The van der Waals surface area contributed by atoms with Crippen molar-refractivity contribution in [2.75, 3.05) is 0 Å². The molecule has 1 aliphatic rings. The van der Waals surface area contributed by atoms with Crippen LogP contribution < -0.4 is 0 Å². The Bertz CT molecular complexity index is 127. The van der Waals surface area contributed by atoms with Gasteiger partial charge in [0.05, 0.1) is 0 Å². The molecule has 0 amide bonds. The maximum absolute atomic E-state index is 11.2. The van der Waals surface area contributed by atoms with Crippen LogP contribution in [0.4, 0.5) is 0 Å². The van der Waals surface area contributed by atoms with Crippen molar-refractivity contribution in [3.63, 3.8) is 0 Å². The molecular formula is C11H22O. The van der Waals surface area contributed by atoms with E-state index in [9.17, 15) is 4.79 Å². The summed E-state index contributed by atoms with van der Waals surface area (Å²) in [7, 11) is 0. The Morgan fingerprint density at radius 3 is 2.17 bits per heavy atom. The highest BCUT2D eigenvalue weighted by Crippen LogP contribution is 2.26. The molecular weight excluding hydrogens is 148 g/mol. The first kappa shape index (κ1) is 11.7. The van der Waals surface area contributed by atoms with E-state index in [1.54, 1.807) is 0 Å². The van der Waals surface area contributed by atoms with E-state index < -0.39 is 0 Å². The van der Waals surface area contributed by atoms with Gasteiger partial charge in [0.1, 0.15) is 5.78 Å². The first-order valence-corrected chi connectivity index (χ1v) is 5.24. The summed E-state index contributed by atoms with van der Waals surface area (Å²) in [6.45, 7) is 8.29. The van der Waals surface area contributed by atoms with Gasteiger partial charge in [-0.25, -0.2) is 0 Å². The summed E-state index contributed by atoms with van der Waals surface area (Å²) in [6, 6.07) is 0. The molecule has 1 rings (SSSR count). The molecule has 0 radical (unpaired) electrons. The number of ketones is 1. The van der Waals surface area contributed by atoms with Gasteiger partial charge in [0.15, 0.2) is 0 Å². The first-order chi connectivity index (χ1) is 5.72. The minimum Gasteiger partial charge on any atom is -0.299 e. The molecule has 1 fully saturated rings. The Labute approximate surface area is 76.6 Å². The van der Waals surface area contributed by atoms with Gasteiger partial charge in [-0.3, -0.25) is 4.79 Å². The molecule has 0 saturated heterocycles. The van der Waals surface area contributed by atoms with Gasteiger partial charge in [0, 0.05) is 12.3 Å². The Morgan fingerprint density at radius 1 is 1.25 bits per heavy atom. The van der Waals surface area contributed by atoms with Gasteiger partial charge < -0.3 is 0 Å². The van der Waals surface area contributed by atoms with Gasteiger partial charge in [0.25, 0.3) is 0 Å². The number of rotatable bonds is 1. The fourth-order valence-electron chi connectivity index (χ4n) is 1.71. The highest BCUT2D eigenvalue weighted by atomic mass is 16.1. The zero-order valence-corrected chi connectivity index (χ0v) is 8.89. The van der Waals surface area contributed by atoms with E-state index in [4.69, 9.17) is 0 Å². The van der Waals surface area contributed by atoms with Gasteiger partial charge in [-0.2, -0.15) is 0 Å². The van der Waals surface area contributed by atoms with E-state index in [0.29, 0.717) is 17.6 Å². The Hall–Kier alpha value is -0.330. The highest BCUT2D eigenvalue weighted by Gasteiger charge is 2.24. The molecule has 0 spiro atoms. The number of hydrogen-bond donors (Lipinski definition) is 0. The van der Waals surface area contributed by atoms with Gasteiger partial charge in [-0.15, -0.1) is 0 Å². The van der Waals surface area contributed by atoms with Crippen molar-refractivity contribution < 1.29 is 4.79 Å². The molecule has 1 nitrogen and oxygen atoms in total. The van der Waals surface area contributed by atoms with Crippen LogP contribution in [0.1, 0.15) is 53.4 Å². The third-order valence-electron chi connectivity index (χ3n) is 2.41. The van der Waals surface area contributed by atoms with Crippen molar-refractivity contribution >= 4 is 5.78 Å². The first-order valence-electron chi connectivity index (χ1n) is 5.24. The third kappa shape index (κ3) is 3.38. The lowest BCUT2D eigenvalue weighted by atomic mass is 9.81. The molecule has 72 valence electrons. The second-order valence-corrected chi connectivity index (χ2v) is 3.56. The smallest absolute Gasteiger partial charge is 0.136 e. The van der Waals surface area contributed by atoms with Gasteiger partial charge in [0.2, 0.25) is 0 Å². The van der Waals surface area contributed by atoms with Crippen molar-refractivity contribution in [3.05, 3.63) is 0 Å². The monoisotopic (exact) mass is 170 g/mol. The lowest BCUT2D eigenvalue weighted by Gasteiger charge is -2.23. The Morgan fingerprint density at radius 2 is 1.83 bits per heavy atom. The summed E-state index contributed by atoms with van der Waals surface area (Å²) in [5.41, 5.74) is 0. The van der Waals surface area contributed by atoms with Crippen LogP contribution in [0.5, 0.6) is 0 Å². The van der Waals surface area contributed by atoms with Gasteiger partial charge >= 0.3 is 0 Å². The van der Waals surface area contributed by atoms with Crippen LogP contribution in [0.15, 0.2) is 0 Å². The van der Waals surface area contributed by atoms with Crippen LogP contribution in [0.3, 0.4) is 0 Å². The van der Waals surface area contributed by atoms with E-state index in [-0.39, 0.29) is 0 Å². The zero-order chi connectivity index (χ0) is 9.56. The average molecular weight is 170 g/mol. The molecule has 1 saturated carbocycles. The van der Waals surface area contributed by atoms with Crippen LogP contribution in [0.2, 0.25) is 0 Å². The molecule has 0 bridgehead atoms. The minimum absolute atomic E-state index is 0.383. The van der Waals surface area contributed by atoms with E-state index in [0.717, 1.165) is 19.3 Å². The summed E-state index contributed by atoms with van der Waals surface area (Å²) in [6.07, 6.45) is 4.36. The molecule has 1 unspecified atom stereocenters. The van der Waals surface area contributed by atoms with Crippen molar-refractivity contribution in [1.29, 1.82) is 0 Å². The van der Waals surface area contributed by atoms with E-state index in [2.05, 4.69) is 13.8 Å². The normalized spacial score (nSPS) is 23.4. The third-order valence-corrected chi connectivity index (χ3v) is 2.41. The number of carbonyl (C=O) groups excluding carboxylic acids is 1. The van der Waals surface area contributed by atoms with E-state index in [1.165, 1.54) is 6.42 Å². The molecule has 0 aliphatic heterocycles. The van der Waals surface area contributed by atoms with Crippen LogP contribution >= 0.6 is 0 Å². The molecule has 0 N–H and O–H groups in total. The maximum Gasteiger partial charge on any atom is 0.136 e. The van der Waals surface area contributed by atoms with Crippen LogP contribution in [0.25, 0.3) is 0 Å². The van der Waals surface area contributed by atoms with Crippen LogP contribution in [-0.4, -0.2) is 5.78 Å². The number of Topliss-reactive ketones (excluding diaryl/α,β-unsaturated/α-hetero) is 1. The molecule has 1 heteroatoms. The standard InChI is InChI=1S/C9H16O.C2H6/c1-7(2)8-5-3-4-6-9(8)10;1-2/h7-8H,3-6H2,1-2H3;1-2H3. The second kappa shape index (κ2) is 6.22. The van der Waals surface area contributed by atoms with Crippen molar-refractivity contribution in [1.82, 2.24) is 0 Å². The Balaban J connectivity index is 0.000000561. The van der Waals surface area contributed by atoms with E-state index >= 15 is 0 Å². The second-order valence-electron chi connectivity index (χ2n) is 3.56. The largest absolute Gasteiger partial charge is 0.299 e. The highest BCUT2D eigenvalue weighted by molar-refractivity contribution is 5.81. The summed E-state index contributed by atoms with van der Waals surface area (Å²) in [5.74, 6) is 1.45. The molecule has 12 heavy (non-hydrogen) atoms. The van der Waals surface area contributed by atoms with Crippen molar-refractivity contribution in [2.45, 2.75) is 53.4 Å². The maximum atomic E-state index is 11.2. The summed E-state index contributed by atoms with van der Waals surface area (Å²) in [4.78, 5) is 11.2. The molecule has 1 atom stereocenters. The average Bonchev–Trinajstić information content (AvgIpc) is 2.08. The van der Waals surface area contributed by atoms with Crippen molar-refractivity contribution in [3.8, 4) is 0 Å². The quantitative estimate of drug-likeness (QED) is 0.589. The minimum atomic E-state index is 0.383. The van der Waals surface area contributed by atoms with E-state index in [1.807, 2.05) is 13.8 Å². The van der Waals surface area contributed by atoms with Crippen LogP contribution in [-0.2, 0) is 4.79 Å². The molecule has 0 aromatic heterocycles. The molecule has 1 aliphatic carbocycles. The van der Waals surface area contributed by atoms with Crippen molar-refractivity contribution in [2.24, 2.45) is 11.8 Å². The topological polar surface area (TPSA) is 17.1 Å². The molecule has 0 aromatic carbocycles. The predicted molar refractivity (Wildman–Crippen MR) is 53.2 cm³/mol. The van der Waals surface area contributed by atoms with Gasteiger partial charge in [-0.05, 0) is 18.8 Å². The Kier molecular flexibility index (Phi) is 6.04. The summed E-state index contributed by atoms with van der Waals surface area (Å²) >= 11 is 0. The molecule has 0 heterocycles. The molecule has 0 aromatic rings. The fraction of sp³-hybridized carbons (Fsp3) is 0.909. The van der Waals surface area contributed by atoms with Crippen LogP contribution in [0, 0.1) is 11.8 Å². The number of carbonyl (C=O) groups is 1. The lowest BCUT2D eigenvalue weighted by molar-refractivity contribution is -0.125. The number of hydrogen-bond acceptors (Lipinski definition) is 1.